The Balaban J connectivity index is 3.32. The molecule has 0 saturated heterocycles. The van der Waals surface area contributed by atoms with E-state index in [4.69, 9.17) is 5.73 Å². The minimum absolute atomic E-state index is 0.500. The highest BCUT2D eigenvalue weighted by Gasteiger charge is 1.98. The van der Waals surface area contributed by atoms with E-state index in [0.717, 1.165) is 12.1 Å². The molecule has 0 aromatic carbocycles. The van der Waals surface area contributed by atoms with E-state index in [2.05, 4.69) is 20.4 Å². The Morgan fingerprint density at radius 3 is 2.38 bits per heavy atom. The summed E-state index contributed by atoms with van der Waals surface area (Å²) >= 11 is 0. The van der Waals surface area contributed by atoms with Gasteiger partial charge in [-0.05, 0) is 12.3 Å². The summed E-state index contributed by atoms with van der Waals surface area (Å²) in [6, 6.07) is 0. The molecule has 0 aliphatic heterocycles. The molecule has 0 rings (SSSR count). The molecule has 0 aliphatic rings. The molecule has 0 aliphatic carbocycles. The largest absolute Gasteiger partial charge is 0.402 e. The van der Waals surface area contributed by atoms with E-state index in [1.807, 2.05) is 0 Å². The molecule has 1 nitrogen and oxygen atoms in total. The van der Waals surface area contributed by atoms with Crippen LogP contribution in [0.4, 0.5) is 0 Å². The van der Waals surface area contributed by atoms with Crippen LogP contribution < -0.4 is 5.73 Å². The molecule has 0 aromatic heterocycles. The first-order valence-electron chi connectivity index (χ1n) is 3.12. The van der Waals surface area contributed by atoms with E-state index in [-0.39, 0.29) is 0 Å². The molecule has 8 heavy (non-hydrogen) atoms. The van der Waals surface area contributed by atoms with Crippen LogP contribution in [-0.4, -0.2) is 0 Å². The van der Waals surface area contributed by atoms with Crippen molar-refractivity contribution in [2.24, 2.45) is 11.7 Å². The summed E-state index contributed by atoms with van der Waals surface area (Å²) in [5.74, 6) is 0.500. The summed E-state index contributed by atoms with van der Waals surface area (Å²) in [7, 11) is 0. The second-order valence-electron chi connectivity index (χ2n) is 2.26. The third-order valence-corrected chi connectivity index (χ3v) is 1.35. The van der Waals surface area contributed by atoms with Crippen LogP contribution in [0.15, 0.2) is 12.3 Å². The van der Waals surface area contributed by atoms with Crippen molar-refractivity contribution < 1.29 is 0 Å². The average molecular weight is 113 g/mol. The molecule has 1 heteroatoms. The van der Waals surface area contributed by atoms with Crippen LogP contribution >= 0.6 is 0 Å². The van der Waals surface area contributed by atoms with Gasteiger partial charge in [0, 0.05) is 5.70 Å². The van der Waals surface area contributed by atoms with Gasteiger partial charge in [-0.2, -0.15) is 0 Å². The summed E-state index contributed by atoms with van der Waals surface area (Å²) in [6.45, 7) is 7.91. The van der Waals surface area contributed by atoms with Crippen molar-refractivity contribution in [3.63, 3.8) is 0 Å². The smallest absolute Gasteiger partial charge is 0.00362 e. The Labute approximate surface area is 51.6 Å². The van der Waals surface area contributed by atoms with E-state index in [1.54, 1.807) is 0 Å². The molecule has 0 amide bonds. The fraction of sp³-hybridized carbons (Fsp3) is 0.714. The first-order valence-corrected chi connectivity index (χ1v) is 3.12. The molecular weight excluding hydrogens is 98.1 g/mol. The standard InChI is InChI=1S/C7H15N/c1-4-5-6(2)7(3)8/h6H,3-5,8H2,1-2H3. The predicted molar refractivity (Wildman–Crippen MR) is 37.4 cm³/mol. The van der Waals surface area contributed by atoms with Gasteiger partial charge in [0.1, 0.15) is 0 Å². The van der Waals surface area contributed by atoms with Crippen molar-refractivity contribution in [1.82, 2.24) is 0 Å². The number of hydrogen-bond donors (Lipinski definition) is 1. The molecule has 0 radical (unpaired) electrons. The van der Waals surface area contributed by atoms with E-state index in [0.29, 0.717) is 5.92 Å². The fourth-order valence-electron chi connectivity index (χ4n) is 0.618. The van der Waals surface area contributed by atoms with Crippen molar-refractivity contribution >= 4 is 0 Å². The first kappa shape index (κ1) is 7.54. The quantitative estimate of drug-likeness (QED) is 0.594. The zero-order valence-corrected chi connectivity index (χ0v) is 5.78. The topological polar surface area (TPSA) is 26.0 Å². The van der Waals surface area contributed by atoms with Crippen LogP contribution in [0.3, 0.4) is 0 Å². The highest BCUT2D eigenvalue weighted by atomic mass is 14.6. The Kier molecular flexibility index (Phi) is 3.33. The summed E-state index contributed by atoms with van der Waals surface area (Å²) in [5, 5.41) is 0. The molecule has 0 fully saturated rings. The number of nitrogens with two attached hydrogens (primary N) is 1. The van der Waals surface area contributed by atoms with Crippen LogP contribution in [0.5, 0.6) is 0 Å². The van der Waals surface area contributed by atoms with Gasteiger partial charge in [-0.3, -0.25) is 0 Å². The summed E-state index contributed by atoms with van der Waals surface area (Å²) < 4.78 is 0. The third kappa shape index (κ3) is 2.67. The minimum Gasteiger partial charge on any atom is -0.402 e. The lowest BCUT2D eigenvalue weighted by Gasteiger charge is -2.06. The Bertz CT molecular complexity index is 76.5. The fourth-order valence-corrected chi connectivity index (χ4v) is 0.618. The van der Waals surface area contributed by atoms with Crippen molar-refractivity contribution in [3.05, 3.63) is 12.3 Å². The molecule has 1 unspecified atom stereocenters. The summed E-state index contributed by atoms with van der Waals surface area (Å²) in [5.41, 5.74) is 6.24. The highest BCUT2D eigenvalue weighted by molar-refractivity contribution is 4.91. The molecule has 0 aromatic rings. The molecule has 2 N–H and O–H groups in total. The zero-order chi connectivity index (χ0) is 6.57. The third-order valence-electron chi connectivity index (χ3n) is 1.35. The molecule has 0 bridgehead atoms. The SMILES string of the molecule is C=C(N)C(C)CCC. The second kappa shape index (κ2) is 3.53. The Hall–Kier alpha value is -0.460. The lowest BCUT2D eigenvalue weighted by Crippen LogP contribution is -2.05. The van der Waals surface area contributed by atoms with Gasteiger partial charge < -0.3 is 5.73 Å². The number of allylic oxidation sites excluding steroid dienone is 1. The van der Waals surface area contributed by atoms with Gasteiger partial charge >= 0.3 is 0 Å². The van der Waals surface area contributed by atoms with Crippen molar-refractivity contribution in [1.29, 1.82) is 0 Å². The monoisotopic (exact) mass is 113 g/mol. The van der Waals surface area contributed by atoms with Crippen LogP contribution in [0.2, 0.25) is 0 Å². The maximum Gasteiger partial charge on any atom is 0.00362 e. The highest BCUT2D eigenvalue weighted by Crippen LogP contribution is 2.08. The van der Waals surface area contributed by atoms with Crippen LogP contribution in [-0.2, 0) is 0 Å². The van der Waals surface area contributed by atoms with E-state index < -0.39 is 0 Å². The van der Waals surface area contributed by atoms with Crippen molar-refractivity contribution in [2.75, 3.05) is 0 Å². The van der Waals surface area contributed by atoms with Gasteiger partial charge in [-0.15, -0.1) is 0 Å². The zero-order valence-electron chi connectivity index (χ0n) is 5.78. The summed E-state index contributed by atoms with van der Waals surface area (Å²) in [4.78, 5) is 0. The second-order valence-corrected chi connectivity index (χ2v) is 2.26. The van der Waals surface area contributed by atoms with E-state index in [9.17, 15) is 0 Å². The lowest BCUT2D eigenvalue weighted by molar-refractivity contribution is 0.598. The van der Waals surface area contributed by atoms with Gasteiger partial charge in [0.15, 0.2) is 0 Å². The number of rotatable bonds is 3. The molecule has 0 saturated carbocycles. The maximum atomic E-state index is 5.43. The number of hydrogen-bond acceptors (Lipinski definition) is 1. The predicted octanol–water partition coefficient (Wildman–Crippen LogP) is 1.90. The van der Waals surface area contributed by atoms with Gasteiger partial charge in [0.05, 0.1) is 0 Å². The molecule has 0 heterocycles. The Morgan fingerprint density at radius 2 is 2.25 bits per heavy atom. The van der Waals surface area contributed by atoms with Gasteiger partial charge in [0.25, 0.3) is 0 Å². The Morgan fingerprint density at radius 1 is 1.75 bits per heavy atom. The van der Waals surface area contributed by atoms with Crippen LogP contribution in [0.25, 0.3) is 0 Å². The minimum atomic E-state index is 0.500. The first-order chi connectivity index (χ1) is 3.68. The molecule has 0 spiro atoms. The van der Waals surface area contributed by atoms with Crippen molar-refractivity contribution in [3.8, 4) is 0 Å². The van der Waals surface area contributed by atoms with Crippen LogP contribution in [0.1, 0.15) is 26.7 Å². The molecule has 1 atom stereocenters. The van der Waals surface area contributed by atoms with Gasteiger partial charge in [-0.1, -0.05) is 26.8 Å². The molecular formula is C7H15N. The summed E-state index contributed by atoms with van der Waals surface area (Å²) in [6.07, 6.45) is 2.35. The van der Waals surface area contributed by atoms with Gasteiger partial charge in [-0.25, -0.2) is 0 Å². The van der Waals surface area contributed by atoms with E-state index >= 15 is 0 Å². The van der Waals surface area contributed by atoms with E-state index in [1.165, 1.54) is 6.42 Å². The van der Waals surface area contributed by atoms with Crippen molar-refractivity contribution in [2.45, 2.75) is 26.7 Å². The molecule has 48 valence electrons. The lowest BCUT2D eigenvalue weighted by atomic mass is 10.0. The maximum absolute atomic E-state index is 5.43. The van der Waals surface area contributed by atoms with Crippen LogP contribution in [0, 0.1) is 5.92 Å². The normalized spacial score (nSPS) is 13.2. The van der Waals surface area contributed by atoms with Gasteiger partial charge in [0.2, 0.25) is 0 Å². The average Bonchev–Trinajstić information content (AvgIpc) is 1.67.